The van der Waals surface area contributed by atoms with Gasteiger partial charge in [-0.3, -0.25) is 14.6 Å². The van der Waals surface area contributed by atoms with Gasteiger partial charge in [-0.2, -0.15) is 4.39 Å². The van der Waals surface area contributed by atoms with Crippen LogP contribution in [0.3, 0.4) is 0 Å². The van der Waals surface area contributed by atoms with Crippen molar-refractivity contribution in [1.29, 1.82) is 0 Å². The van der Waals surface area contributed by atoms with Gasteiger partial charge >= 0.3 is 0 Å². The average Bonchev–Trinajstić information content (AvgIpc) is 3.29. The fraction of sp³-hybridized carbons (Fsp3) is 0.476. The highest BCUT2D eigenvalue weighted by Crippen LogP contribution is 2.33. The van der Waals surface area contributed by atoms with Crippen LogP contribution in [0, 0.1) is 24.6 Å². The molecule has 0 bridgehead atoms. The lowest BCUT2D eigenvalue weighted by Crippen LogP contribution is -2.34. The zero-order valence-corrected chi connectivity index (χ0v) is 16.7. The molecule has 2 aliphatic heterocycles. The van der Waals surface area contributed by atoms with E-state index in [1.807, 2.05) is 34.1 Å². The summed E-state index contributed by atoms with van der Waals surface area (Å²) in [7, 11) is 1.63. The normalized spacial score (nSPS) is 20.8. The largest absolute Gasteiger partial charge is 0.497 e. The lowest BCUT2D eigenvalue weighted by molar-refractivity contribution is -0.130. The first kappa shape index (κ1) is 19.4. The Hall–Kier alpha value is -2.90. The maximum atomic E-state index is 13.5. The molecule has 1 N–H and O–H groups in total. The number of H-pyrrole nitrogens is 1. The van der Waals surface area contributed by atoms with E-state index in [0.717, 1.165) is 11.3 Å². The third-order valence-electron chi connectivity index (χ3n) is 5.94. The number of aryl methyl sites for hydroxylation is 2. The summed E-state index contributed by atoms with van der Waals surface area (Å²) in [5.41, 5.74) is 0.488. The number of fused-ring (bicyclic) bond motifs is 1. The summed E-state index contributed by atoms with van der Waals surface area (Å²) in [6.45, 7) is 4.34. The molecule has 3 heterocycles. The summed E-state index contributed by atoms with van der Waals surface area (Å²) in [6.07, 6.45) is 1.20. The van der Waals surface area contributed by atoms with Crippen LogP contribution in [0.5, 0.6) is 5.75 Å². The van der Waals surface area contributed by atoms with Crippen molar-refractivity contribution < 1.29 is 13.9 Å². The molecule has 4 rings (SSSR count). The zero-order valence-electron chi connectivity index (χ0n) is 16.7. The molecule has 0 aliphatic carbocycles. The van der Waals surface area contributed by atoms with Crippen molar-refractivity contribution >= 4 is 11.9 Å². The van der Waals surface area contributed by atoms with Gasteiger partial charge in [0.15, 0.2) is 0 Å². The van der Waals surface area contributed by atoms with Gasteiger partial charge in [-0.05, 0) is 31.0 Å². The molecule has 2 aromatic rings. The third-order valence-corrected chi connectivity index (χ3v) is 5.94. The summed E-state index contributed by atoms with van der Waals surface area (Å²) in [6, 6.07) is 7.79. The predicted molar refractivity (Wildman–Crippen MR) is 107 cm³/mol. The van der Waals surface area contributed by atoms with E-state index in [1.54, 1.807) is 7.11 Å². The van der Waals surface area contributed by atoms with Gasteiger partial charge in [0.1, 0.15) is 5.75 Å². The van der Waals surface area contributed by atoms with E-state index in [9.17, 15) is 14.0 Å². The quantitative estimate of drug-likeness (QED) is 0.827. The van der Waals surface area contributed by atoms with Gasteiger partial charge in [0.25, 0.3) is 5.56 Å². The van der Waals surface area contributed by atoms with E-state index in [-0.39, 0.29) is 11.6 Å². The van der Waals surface area contributed by atoms with E-state index >= 15 is 0 Å². The highest BCUT2D eigenvalue weighted by atomic mass is 19.1. The number of nitrogens with zero attached hydrogens (tertiary/aromatic N) is 3. The number of hydrogen-bond acceptors (Lipinski definition) is 5. The molecule has 1 aromatic carbocycles. The average molecular weight is 400 g/mol. The van der Waals surface area contributed by atoms with Gasteiger partial charge in [-0.15, -0.1) is 0 Å². The first-order chi connectivity index (χ1) is 13.9. The van der Waals surface area contributed by atoms with E-state index in [0.29, 0.717) is 56.8 Å². The van der Waals surface area contributed by atoms with Crippen LogP contribution in [0.15, 0.2) is 29.1 Å². The van der Waals surface area contributed by atoms with Crippen LogP contribution in [0.1, 0.15) is 17.7 Å². The Bertz CT molecular complexity index is 945. The minimum Gasteiger partial charge on any atom is -0.497 e. The van der Waals surface area contributed by atoms with Crippen molar-refractivity contribution in [1.82, 2.24) is 14.9 Å². The number of aromatic nitrogens is 2. The van der Waals surface area contributed by atoms with E-state index in [4.69, 9.17) is 4.74 Å². The molecule has 2 atom stereocenters. The first-order valence-corrected chi connectivity index (χ1v) is 9.86. The monoisotopic (exact) mass is 400 g/mol. The number of aromatic amines is 1. The number of likely N-dealkylation sites (tertiary alicyclic amines) is 1. The van der Waals surface area contributed by atoms with Crippen molar-refractivity contribution in [2.75, 3.05) is 38.2 Å². The van der Waals surface area contributed by atoms with Crippen LogP contribution in [0.2, 0.25) is 0 Å². The fourth-order valence-corrected chi connectivity index (χ4v) is 4.28. The Labute approximate surface area is 168 Å². The number of nitrogens with one attached hydrogen (secondary N) is 1. The highest BCUT2D eigenvalue weighted by molar-refractivity contribution is 5.77. The van der Waals surface area contributed by atoms with Crippen molar-refractivity contribution in [3.63, 3.8) is 0 Å². The molecule has 2 aliphatic rings. The van der Waals surface area contributed by atoms with Gasteiger partial charge in [-0.25, -0.2) is 4.98 Å². The van der Waals surface area contributed by atoms with Crippen LogP contribution in [0.4, 0.5) is 10.3 Å². The number of carbonyl (C=O) groups is 1. The fourth-order valence-electron chi connectivity index (χ4n) is 4.28. The number of carbonyl (C=O) groups excluding carboxylic acids is 1. The Balaban J connectivity index is 1.31. The van der Waals surface area contributed by atoms with Crippen LogP contribution >= 0.6 is 0 Å². The second-order valence-corrected chi connectivity index (χ2v) is 7.86. The Morgan fingerprint density at radius 1 is 1.21 bits per heavy atom. The molecule has 2 unspecified atom stereocenters. The molecule has 7 nitrogen and oxygen atoms in total. The van der Waals surface area contributed by atoms with Crippen molar-refractivity contribution in [2.24, 2.45) is 11.8 Å². The van der Waals surface area contributed by atoms with Gasteiger partial charge in [0.05, 0.1) is 12.8 Å². The molecule has 2 fully saturated rings. The minimum atomic E-state index is -0.832. The van der Waals surface area contributed by atoms with Crippen LogP contribution in [0.25, 0.3) is 0 Å². The standard InChI is InChI=1S/C21H25FN4O3/c1-13-19(22)20(28)24-21(23-13)26-11-15-9-25(10-16(15)12-26)18(27)8-5-14-3-6-17(29-2)7-4-14/h3-4,6-7,15-16H,5,8-12H2,1-2H3,(H,23,24,28). The zero-order chi connectivity index (χ0) is 20.5. The van der Waals surface area contributed by atoms with Crippen LogP contribution in [-0.2, 0) is 11.2 Å². The first-order valence-electron chi connectivity index (χ1n) is 9.86. The summed E-state index contributed by atoms with van der Waals surface area (Å²) < 4.78 is 18.7. The number of hydrogen-bond donors (Lipinski definition) is 1. The second-order valence-electron chi connectivity index (χ2n) is 7.86. The number of amides is 1. The second kappa shape index (κ2) is 7.85. The number of benzene rings is 1. The molecule has 0 spiro atoms. The smallest absolute Gasteiger partial charge is 0.288 e. The third kappa shape index (κ3) is 3.97. The highest BCUT2D eigenvalue weighted by Gasteiger charge is 2.42. The molecule has 29 heavy (non-hydrogen) atoms. The van der Waals surface area contributed by atoms with Gasteiger partial charge in [0.2, 0.25) is 17.7 Å². The van der Waals surface area contributed by atoms with Crippen LogP contribution < -0.4 is 15.2 Å². The van der Waals surface area contributed by atoms with Crippen molar-refractivity contribution in [3.05, 3.63) is 51.7 Å². The molecule has 2 saturated heterocycles. The summed E-state index contributed by atoms with van der Waals surface area (Å²) >= 11 is 0. The van der Waals surface area contributed by atoms with Gasteiger partial charge in [-0.1, -0.05) is 12.1 Å². The van der Waals surface area contributed by atoms with E-state index < -0.39 is 11.4 Å². The number of ether oxygens (including phenoxy) is 1. The molecule has 8 heteroatoms. The molecule has 1 amide bonds. The Morgan fingerprint density at radius 2 is 1.86 bits per heavy atom. The maximum absolute atomic E-state index is 13.5. The Kier molecular flexibility index (Phi) is 5.25. The summed E-state index contributed by atoms with van der Waals surface area (Å²) in [5, 5.41) is 0. The van der Waals surface area contributed by atoms with Gasteiger partial charge < -0.3 is 14.5 Å². The number of anilines is 1. The minimum absolute atomic E-state index is 0.108. The summed E-state index contributed by atoms with van der Waals surface area (Å²) in [4.78, 5) is 34.9. The maximum Gasteiger partial charge on any atom is 0.288 e. The van der Waals surface area contributed by atoms with Crippen LogP contribution in [-0.4, -0.2) is 54.1 Å². The molecular formula is C21H25FN4O3. The van der Waals surface area contributed by atoms with Crippen molar-refractivity contribution in [2.45, 2.75) is 19.8 Å². The van der Waals surface area contributed by atoms with Gasteiger partial charge in [0, 0.05) is 44.4 Å². The van der Waals surface area contributed by atoms with Crippen molar-refractivity contribution in [3.8, 4) is 5.75 Å². The SMILES string of the molecule is COc1ccc(CCC(=O)N2CC3CN(c4nc(C)c(F)c(=O)[nH]4)CC3C2)cc1. The number of rotatable bonds is 5. The molecule has 0 saturated carbocycles. The predicted octanol–water partition coefficient (Wildman–Crippen LogP) is 1.75. The van der Waals surface area contributed by atoms with E-state index in [1.165, 1.54) is 6.92 Å². The number of halogens is 1. The molecule has 154 valence electrons. The lowest BCUT2D eigenvalue weighted by Gasteiger charge is -2.22. The number of methoxy groups -OCH3 is 1. The van der Waals surface area contributed by atoms with E-state index in [2.05, 4.69) is 9.97 Å². The molecular weight excluding hydrogens is 375 g/mol. The summed E-state index contributed by atoms with van der Waals surface area (Å²) in [5.74, 6) is 1.25. The topological polar surface area (TPSA) is 78.5 Å². The Morgan fingerprint density at radius 3 is 2.45 bits per heavy atom. The molecule has 0 radical (unpaired) electrons. The molecule has 1 aromatic heterocycles. The lowest BCUT2D eigenvalue weighted by atomic mass is 10.0.